The number of thiol groups is 1. The number of nitrogens with one attached hydrogen (secondary N) is 1. The van der Waals surface area contributed by atoms with Crippen LogP contribution in [-0.4, -0.2) is 69.4 Å². The molecule has 0 radical (unpaired) electrons. The van der Waals surface area contributed by atoms with Crippen LogP contribution >= 0.6 is 12.6 Å². The molecule has 0 spiro atoms. The number of carboxylic acids is 1. The SMILES string of the molecule is CC12CCC(=O)C=C1CCC1C2C(=O)CC2(C)C1CCC2(O)C(=O)COC(=O)CCC(=O)NC(CS)C(=O)O. The Balaban J connectivity index is 1.39. The molecule has 4 aliphatic rings. The first-order chi connectivity index (χ1) is 18.3. The monoisotopic (exact) mass is 563 g/mol. The summed E-state index contributed by atoms with van der Waals surface area (Å²) in [6.45, 7) is 3.19. The summed E-state index contributed by atoms with van der Waals surface area (Å²) in [5.74, 6) is -3.70. The van der Waals surface area contributed by atoms with Crippen molar-refractivity contribution in [2.75, 3.05) is 12.4 Å². The summed E-state index contributed by atoms with van der Waals surface area (Å²) in [5, 5.41) is 22.9. The van der Waals surface area contributed by atoms with E-state index in [1.807, 2.05) is 0 Å². The second-order valence-electron chi connectivity index (χ2n) is 12.0. The van der Waals surface area contributed by atoms with Crippen molar-refractivity contribution in [2.45, 2.75) is 83.3 Å². The standard InChI is InChI=1S/C28H37NO9S/c1-26-9-7-16(30)11-15(26)3-4-17-18-8-10-28(37,27(18,2)12-20(31)24(17)26)21(32)13-38-23(34)6-5-22(33)29-19(14-39)25(35)36/h11,17-19,24,37,39H,3-10,12-14H2,1-2H3,(H,29,33)(H,35,36). The van der Waals surface area contributed by atoms with Crippen molar-refractivity contribution in [1.29, 1.82) is 0 Å². The Hall–Kier alpha value is -2.53. The van der Waals surface area contributed by atoms with Crippen molar-refractivity contribution < 1.29 is 43.7 Å². The normalized spacial score (nSPS) is 36.1. The fraction of sp³-hybridized carbons (Fsp3) is 0.714. The number of carbonyl (C=O) groups is 6. The van der Waals surface area contributed by atoms with Gasteiger partial charge in [0.05, 0.1) is 6.42 Å². The van der Waals surface area contributed by atoms with E-state index in [0.717, 1.165) is 18.4 Å². The summed E-state index contributed by atoms with van der Waals surface area (Å²) in [5.41, 5.74) is -2.14. The number of ketones is 3. The number of hydrogen-bond acceptors (Lipinski definition) is 9. The van der Waals surface area contributed by atoms with Crippen LogP contribution in [0, 0.1) is 28.6 Å². The lowest BCUT2D eigenvalue weighted by atomic mass is 9.46. The lowest BCUT2D eigenvalue weighted by Crippen LogP contribution is -2.61. The second kappa shape index (κ2) is 10.8. The molecule has 0 aromatic rings. The number of Topliss-reactive ketones (excluding diaryl/α,β-unsaturated/α-hetero) is 2. The van der Waals surface area contributed by atoms with E-state index in [1.54, 1.807) is 13.0 Å². The van der Waals surface area contributed by atoms with Gasteiger partial charge in [-0.05, 0) is 55.4 Å². The molecule has 3 N–H and O–H groups in total. The predicted molar refractivity (Wildman–Crippen MR) is 141 cm³/mol. The number of amides is 1. The third-order valence-electron chi connectivity index (χ3n) is 10.0. The van der Waals surface area contributed by atoms with Gasteiger partial charge in [0.1, 0.15) is 17.4 Å². The molecule has 4 rings (SSSR count). The summed E-state index contributed by atoms with van der Waals surface area (Å²) >= 11 is 3.86. The molecule has 0 aliphatic heterocycles. The molecular formula is C28H37NO9S. The maximum atomic E-state index is 13.7. The van der Waals surface area contributed by atoms with Crippen LogP contribution < -0.4 is 5.32 Å². The summed E-state index contributed by atoms with van der Waals surface area (Å²) in [6, 6.07) is -1.18. The molecule has 7 unspecified atom stereocenters. The molecule has 0 aromatic heterocycles. The minimum atomic E-state index is -1.82. The first kappa shape index (κ1) is 29.5. The van der Waals surface area contributed by atoms with E-state index in [4.69, 9.17) is 9.84 Å². The Labute approximate surface area is 232 Å². The molecule has 7 atom stereocenters. The van der Waals surface area contributed by atoms with E-state index in [-0.39, 0.29) is 66.2 Å². The molecule has 214 valence electrons. The number of esters is 1. The number of aliphatic hydroxyl groups is 1. The van der Waals surface area contributed by atoms with Crippen molar-refractivity contribution in [3.63, 3.8) is 0 Å². The lowest BCUT2D eigenvalue weighted by Gasteiger charge is -2.57. The Kier molecular flexibility index (Phi) is 8.16. The molecule has 11 heteroatoms. The number of rotatable bonds is 9. The average Bonchev–Trinajstić information content (AvgIpc) is 3.15. The van der Waals surface area contributed by atoms with Crippen LogP contribution in [0.5, 0.6) is 0 Å². The molecule has 4 aliphatic carbocycles. The first-order valence-corrected chi connectivity index (χ1v) is 14.2. The van der Waals surface area contributed by atoms with E-state index in [9.17, 15) is 33.9 Å². The van der Waals surface area contributed by atoms with Gasteiger partial charge in [0.25, 0.3) is 0 Å². The molecular weight excluding hydrogens is 526 g/mol. The Bertz CT molecular complexity index is 1130. The van der Waals surface area contributed by atoms with Gasteiger partial charge in [-0.25, -0.2) is 4.79 Å². The van der Waals surface area contributed by atoms with Crippen molar-refractivity contribution >= 4 is 47.8 Å². The first-order valence-electron chi connectivity index (χ1n) is 13.6. The van der Waals surface area contributed by atoms with Gasteiger partial charge in [0.15, 0.2) is 12.4 Å². The highest BCUT2D eigenvalue weighted by atomic mass is 32.1. The Morgan fingerprint density at radius 2 is 1.85 bits per heavy atom. The van der Waals surface area contributed by atoms with Crippen molar-refractivity contribution in [2.24, 2.45) is 28.6 Å². The minimum Gasteiger partial charge on any atom is -0.480 e. The maximum absolute atomic E-state index is 13.7. The highest BCUT2D eigenvalue weighted by Gasteiger charge is 2.68. The molecule has 0 aromatic carbocycles. The largest absolute Gasteiger partial charge is 0.480 e. The van der Waals surface area contributed by atoms with E-state index >= 15 is 0 Å². The molecule has 3 fully saturated rings. The van der Waals surface area contributed by atoms with E-state index < -0.39 is 47.3 Å². The van der Waals surface area contributed by atoms with Gasteiger partial charge in [-0.1, -0.05) is 19.4 Å². The summed E-state index contributed by atoms with van der Waals surface area (Å²) in [7, 11) is 0. The van der Waals surface area contributed by atoms with Crippen LogP contribution in [0.25, 0.3) is 0 Å². The van der Waals surface area contributed by atoms with Crippen LogP contribution in [0.3, 0.4) is 0 Å². The van der Waals surface area contributed by atoms with E-state index in [1.165, 1.54) is 0 Å². The van der Waals surface area contributed by atoms with Crippen LogP contribution in [0.4, 0.5) is 0 Å². The highest BCUT2D eigenvalue weighted by molar-refractivity contribution is 7.80. The van der Waals surface area contributed by atoms with Gasteiger partial charge in [-0.3, -0.25) is 24.0 Å². The number of ether oxygens (including phenoxy) is 1. The lowest BCUT2D eigenvalue weighted by molar-refractivity contribution is -0.173. The van der Waals surface area contributed by atoms with Crippen LogP contribution in [0.2, 0.25) is 0 Å². The number of fused-ring (bicyclic) bond motifs is 5. The molecule has 1 amide bonds. The number of carboxylic acid groups (broad SMARTS) is 1. The zero-order valence-corrected chi connectivity index (χ0v) is 23.3. The topological polar surface area (TPSA) is 164 Å². The third-order valence-corrected chi connectivity index (χ3v) is 10.4. The van der Waals surface area contributed by atoms with Gasteiger partial charge in [-0.15, -0.1) is 0 Å². The van der Waals surface area contributed by atoms with Crippen molar-refractivity contribution in [3.05, 3.63) is 11.6 Å². The van der Waals surface area contributed by atoms with Gasteiger partial charge < -0.3 is 20.3 Å². The smallest absolute Gasteiger partial charge is 0.327 e. The van der Waals surface area contributed by atoms with Crippen molar-refractivity contribution in [1.82, 2.24) is 5.32 Å². The van der Waals surface area contributed by atoms with E-state index in [0.29, 0.717) is 19.3 Å². The fourth-order valence-electron chi connectivity index (χ4n) is 7.85. The van der Waals surface area contributed by atoms with Crippen molar-refractivity contribution in [3.8, 4) is 0 Å². The number of allylic oxidation sites excluding steroid dienone is 1. The fourth-order valence-corrected chi connectivity index (χ4v) is 8.10. The Morgan fingerprint density at radius 3 is 2.51 bits per heavy atom. The van der Waals surface area contributed by atoms with Crippen LogP contribution in [0.1, 0.15) is 71.6 Å². The van der Waals surface area contributed by atoms with Gasteiger partial charge in [-0.2, -0.15) is 12.6 Å². The minimum absolute atomic E-state index is 0.00127. The quantitative estimate of drug-likeness (QED) is 0.242. The molecule has 0 saturated heterocycles. The third kappa shape index (κ3) is 5.08. The summed E-state index contributed by atoms with van der Waals surface area (Å²) < 4.78 is 5.08. The van der Waals surface area contributed by atoms with E-state index in [2.05, 4.69) is 24.9 Å². The van der Waals surface area contributed by atoms with Gasteiger partial charge in [0, 0.05) is 36.3 Å². The number of aliphatic carboxylic acids is 1. The Morgan fingerprint density at radius 1 is 1.13 bits per heavy atom. The molecule has 0 bridgehead atoms. The summed E-state index contributed by atoms with van der Waals surface area (Å²) in [6.07, 6.45) is 4.32. The highest BCUT2D eigenvalue weighted by Crippen LogP contribution is 2.66. The number of hydrogen-bond donors (Lipinski definition) is 4. The maximum Gasteiger partial charge on any atom is 0.327 e. The zero-order valence-electron chi connectivity index (χ0n) is 22.4. The van der Waals surface area contributed by atoms with Crippen LogP contribution in [-0.2, 0) is 33.5 Å². The molecule has 3 saturated carbocycles. The van der Waals surface area contributed by atoms with Crippen LogP contribution in [0.15, 0.2) is 11.6 Å². The average molecular weight is 564 g/mol. The molecule has 10 nitrogen and oxygen atoms in total. The predicted octanol–water partition coefficient (Wildman–Crippen LogP) is 1.82. The molecule has 39 heavy (non-hydrogen) atoms. The molecule has 0 heterocycles. The summed E-state index contributed by atoms with van der Waals surface area (Å²) in [4.78, 5) is 74.1. The van der Waals surface area contributed by atoms with Gasteiger partial charge >= 0.3 is 11.9 Å². The number of carbonyl (C=O) groups excluding carboxylic acids is 5. The second-order valence-corrected chi connectivity index (χ2v) is 12.4. The van der Waals surface area contributed by atoms with Gasteiger partial charge in [0.2, 0.25) is 11.7 Å². The zero-order chi connectivity index (χ0) is 28.8.